The summed E-state index contributed by atoms with van der Waals surface area (Å²) in [6.45, 7) is 3.04. The molecule has 7 heteroatoms. The fraction of sp³-hybridized carbons (Fsp3) is 0.900. The van der Waals surface area contributed by atoms with Crippen molar-refractivity contribution in [3.05, 3.63) is 0 Å². The monoisotopic (exact) mass is 256 g/mol. The largest absolute Gasteiger partial charge is 0.453 e. The van der Waals surface area contributed by atoms with E-state index in [2.05, 4.69) is 0 Å². The first-order valence-corrected chi connectivity index (χ1v) is 5.23. The SMILES string of the molecule is CC(C)C1C(C(F)(F)C(F)(F)F)CCN1C#N. The van der Waals surface area contributed by atoms with Crippen molar-refractivity contribution in [1.29, 1.82) is 5.26 Å². The van der Waals surface area contributed by atoms with Gasteiger partial charge in [-0.2, -0.15) is 27.2 Å². The van der Waals surface area contributed by atoms with Gasteiger partial charge >= 0.3 is 12.1 Å². The van der Waals surface area contributed by atoms with E-state index in [-0.39, 0.29) is 13.0 Å². The molecule has 1 aliphatic rings. The minimum absolute atomic E-state index is 0.0459. The maximum atomic E-state index is 13.3. The van der Waals surface area contributed by atoms with Crippen LogP contribution in [-0.2, 0) is 0 Å². The molecule has 1 rings (SSSR count). The fourth-order valence-electron chi connectivity index (χ4n) is 2.36. The summed E-state index contributed by atoms with van der Waals surface area (Å²) in [6.07, 6.45) is -4.19. The number of halogens is 5. The minimum Gasteiger partial charge on any atom is -0.307 e. The van der Waals surface area contributed by atoms with Crippen molar-refractivity contribution in [3.63, 3.8) is 0 Å². The van der Waals surface area contributed by atoms with Gasteiger partial charge in [0.05, 0.1) is 12.0 Å². The lowest BCUT2D eigenvalue weighted by atomic mass is 9.86. The van der Waals surface area contributed by atoms with Gasteiger partial charge in [-0.3, -0.25) is 0 Å². The highest BCUT2D eigenvalue weighted by Gasteiger charge is 2.65. The molecule has 98 valence electrons. The molecule has 1 fully saturated rings. The molecule has 0 N–H and O–H groups in total. The van der Waals surface area contributed by atoms with E-state index in [1.807, 2.05) is 0 Å². The minimum atomic E-state index is -5.56. The van der Waals surface area contributed by atoms with E-state index < -0.39 is 30.0 Å². The predicted molar refractivity (Wildman–Crippen MR) is 50.1 cm³/mol. The van der Waals surface area contributed by atoms with E-state index in [9.17, 15) is 22.0 Å². The summed E-state index contributed by atoms with van der Waals surface area (Å²) >= 11 is 0. The molecule has 0 aromatic heterocycles. The van der Waals surface area contributed by atoms with Crippen molar-refractivity contribution in [1.82, 2.24) is 4.90 Å². The van der Waals surface area contributed by atoms with Gasteiger partial charge in [-0.05, 0) is 12.3 Å². The second kappa shape index (κ2) is 4.31. The summed E-state index contributed by atoms with van der Waals surface area (Å²) in [5, 5.41) is 8.72. The highest BCUT2D eigenvalue weighted by atomic mass is 19.4. The van der Waals surface area contributed by atoms with Crippen molar-refractivity contribution in [2.24, 2.45) is 11.8 Å². The number of nitrogens with zero attached hydrogens (tertiary/aromatic N) is 2. The summed E-state index contributed by atoms with van der Waals surface area (Å²) in [5.41, 5.74) is 0. The summed E-state index contributed by atoms with van der Waals surface area (Å²) in [6, 6.07) is -1.06. The summed E-state index contributed by atoms with van der Waals surface area (Å²) < 4.78 is 63.5. The van der Waals surface area contributed by atoms with Crippen molar-refractivity contribution in [2.75, 3.05) is 6.54 Å². The van der Waals surface area contributed by atoms with Crippen LogP contribution < -0.4 is 0 Å². The van der Waals surface area contributed by atoms with Crippen molar-refractivity contribution < 1.29 is 22.0 Å². The lowest BCUT2D eigenvalue weighted by molar-refractivity contribution is -0.305. The molecule has 0 saturated carbocycles. The standard InChI is InChI=1S/C10H13F5N2/c1-6(2)8-7(3-4-17(8)5-16)9(11,12)10(13,14)15/h6-8H,3-4H2,1-2H3. The molecular formula is C10H13F5N2. The average molecular weight is 256 g/mol. The molecule has 0 radical (unpaired) electrons. The van der Waals surface area contributed by atoms with Gasteiger partial charge in [-0.25, -0.2) is 0 Å². The Hall–Kier alpha value is -1.06. The molecule has 2 unspecified atom stereocenters. The van der Waals surface area contributed by atoms with Gasteiger partial charge < -0.3 is 4.90 Å². The van der Waals surface area contributed by atoms with Crippen molar-refractivity contribution >= 4 is 0 Å². The van der Waals surface area contributed by atoms with E-state index in [4.69, 9.17) is 5.26 Å². The number of hydrogen-bond donors (Lipinski definition) is 0. The van der Waals surface area contributed by atoms with Crippen LogP contribution in [-0.4, -0.2) is 29.6 Å². The zero-order valence-electron chi connectivity index (χ0n) is 9.43. The smallest absolute Gasteiger partial charge is 0.307 e. The van der Waals surface area contributed by atoms with Crippen molar-refractivity contribution in [2.45, 2.75) is 38.4 Å². The molecule has 1 aliphatic heterocycles. The molecule has 0 aliphatic carbocycles. The summed E-state index contributed by atoms with van der Waals surface area (Å²) in [4.78, 5) is 1.02. The van der Waals surface area contributed by atoms with Gasteiger partial charge in [0.2, 0.25) is 0 Å². The molecule has 0 amide bonds. The van der Waals surface area contributed by atoms with E-state index in [1.54, 1.807) is 20.0 Å². The molecule has 0 spiro atoms. The predicted octanol–water partition coefficient (Wildman–Crippen LogP) is 3.01. The summed E-state index contributed by atoms with van der Waals surface area (Å²) in [5.74, 6) is -7.02. The first kappa shape index (κ1) is 14.0. The Morgan fingerprint density at radius 2 is 1.76 bits per heavy atom. The van der Waals surface area contributed by atoms with Crippen LogP contribution >= 0.6 is 0 Å². The molecule has 2 atom stereocenters. The van der Waals surface area contributed by atoms with E-state index in [0.29, 0.717) is 0 Å². The lowest BCUT2D eigenvalue weighted by Crippen LogP contribution is -2.49. The lowest BCUT2D eigenvalue weighted by Gasteiger charge is -2.33. The number of nitriles is 1. The first-order chi connectivity index (χ1) is 7.63. The highest BCUT2D eigenvalue weighted by molar-refractivity contribution is 5.02. The molecule has 2 nitrogen and oxygen atoms in total. The number of rotatable bonds is 2. The third kappa shape index (κ3) is 2.31. The Balaban J connectivity index is 3.03. The maximum absolute atomic E-state index is 13.3. The fourth-order valence-corrected chi connectivity index (χ4v) is 2.36. The zero-order chi connectivity index (χ0) is 13.4. The average Bonchev–Trinajstić information content (AvgIpc) is 2.59. The molecule has 0 aromatic carbocycles. The first-order valence-electron chi connectivity index (χ1n) is 5.23. The molecule has 1 saturated heterocycles. The van der Waals surface area contributed by atoms with Gasteiger partial charge in [-0.15, -0.1) is 0 Å². The number of likely N-dealkylation sites (tertiary alicyclic amines) is 1. The second-order valence-electron chi connectivity index (χ2n) is 4.54. The van der Waals surface area contributed by atoms with Crippen LogP contribution in [0.3, 0.4) is 0 Å². The molecule has 1 heterocycles. The van der Waals surface area contributed by atoms with Gasteiger partial charge in [0.1, 0.15) is 0 Å². The second-order valence-corrected chi connectivity index (χ2v) is 4.54. The Morgan fingerprint density at radius 1 is 1.24 bits per heavy atom. The number of alkyl halides is 5. The van der Waals surface area contributed by atoms with Crippen LogP contribution in [0.25, 0.3) is 0 Å². The van der Waals surface area contributed by atoms with Gasteiger partial charge in [0.25, 0.3) is 0 Å². The maximum Gasteiger partial charge on any atom is 0.453 e. The van der Waals surface area contributed by atoms with Gasteiger partial charge in [-0.1, -0.05) is 13.8 Å². The van der Waals surface area contributed by atoms with E-state index in [1.165, 1.54) is 0 Å². The molecule has 0 aromatic rings. The topological polar surface area (TPSA) is 27.0 Å². The Bertz CT molecular complexity index is 318. The van der Waals surface area contributed by atoms with Crippen LogP contribution in [0.4, 0.5) is 22.0 Å². The zero-order valence-corrected chi connectivity index (χ0v) is 9.43. The van der Waals surface area contributed by atoms with Gasteiger partial charge in [0.15, 0.2) is 6.19 Å². The molecule has 17 heavy (non-hydrogen) atoms. The summed E-state index contributed by atoms with van der Waals surface area (Å²) in [7, 11) is 0. The quantitative estimate of drug-likeness (QED) is 0.561. The third-order valence-electron chi connectivity index (χ3n) is 3.11. The van der Waals surface area contributed by atoms with Crippen LogP contribution in [0.2, 0.25) is 0 Å². The Labute approximate surface area is 96.0 Å². The molecular weight excluding hydrogens is 243 g/mol. The Kier molecular flexibility index (Phi) is 3.55. The van der Waals surface area contributed by atoms with Crippen molar-refractivity contribution in [3.8, 4) is 6.19 Å². The van der Waals surface area contributed by atoms with Crippen LogP contribution in [0, 0.1) is 23.3 Å². The van der Waals surface area contributed by atoms with E-state index >= 15 is 0 Å². The highest BCUT2D eigenvalue weighted by Crippen LogP contribution is 2.48. The van der Waals surface area contributed by atoms with Gasteiger partial charge in [0, 0.05) is 6.54 Å². The van der Waals surface area contributed by atoms with Crippen LogP contribution in [0.5, 0.6) is 0 Å². The van der Waals surface area contributed by atoms with Crippen LogP contribution in [0.1, 0.15) is 20.3 Å². The third-order valence-corrected chi connectivity index (χ3v) is 3.11. The van der Waals surface area contributed by atoms with E-state index in [0.717, 1.165) is 4.90 Å². The Morgan fingerprint density at radius 3 is 2.12 bits per heavy atom. The number of hydrogen-bond acceptors (Lipinski definition) is 2. The normalized spacial score (nSPS) is 26.4. The van der Waals surface area contributed by atoms with Crippen LogP contribution in [0.15, 0.2) is 0 Å². The molecule has 0 bridgehead atoms.